The lowest BCUT2D eigenvalue weighted by Crippen LogP contribution is -2.71. The van der Waals surface area contributed by atoms with Gasteiger partial charge in [0, 0.05) is 12.0 Å². The molecule has 206 valence electrons. The minimum absolute atomic E-state index is 0.0266. The summed E-state index contributed by atoms with van der Waals surface area (Å²) in [5.74, 6) is -2.17. The second kappa shape index (κ2) is 6.88. The summed E-state index contributed by atoms with van der Waals surface area (Å²) in [5.41, 5.74) is 11.1. The SMILES string of the molecule is CC1C23CCC(F)(F)[C@@](C)(N)C2CCC2(N)C4CC(O)C(C5(C)CCC(C(C)(C)O)C5)C4(C)CCC123. The minimum atomic E-state index is -2.84. The Bertz CT molecular complexity index is 965. The molecule has 0 saturated heterocycles. The molecule has 6 fully saturated rings. The standard InChI is InChI=1S/C30H50F2N2O2/c1-17-27-12-14-30(31,32)26(6,33)20(27)8-10-29(34)21-15-19(35)22(25(21,5)11-13-28(17,27)29)24(4)9-7-18(16-24)23(2,3)36/h17-22,35-36H,7-16,33-34H2,1-6H3/t17?,18?,19?,20?,21?,22?,24?,25?,26-,27?,28?,29?/m0/s1. The lowest BCUT2D eigenvalue weighted by Gasteiger charge is -2.64. The van der Waals surface area contributed by atoms with Crippen molar-refractivity contribution in [3.8, 4) is 0 Å². The Morgan fingerprint density at radius 1 is 0.889 bits per heavy atom. The number of rotatable bonds is 2. The van der Waals surface area contributed by atoms with Gasteiger partial charge in [-0.2, -0.15) is 0 Å². The fourth-order valence-corrected chi connectivity index (χ4v) is 13.0. The number of nitrogens with two attached hydrogens (primary N) is 2. The van der Waals surface area contributed by atoms with Gasteiger partial charge in [-0.15, -0.1) is 0 Å². The van der Waals surface area contributed by atoms with Gasteiger partial charge in [0.05, 0.1) is 17.2 Å². The highest BCUT2D eigenvalue weighted by Gasteiger charge is 2.90. The maximum Gasteiger partial charge on any atom is 0.265 e. The molecular formula is C30H50F2N2O2. The predicted molar refractivity (Wildman–Crippen MR) is 137 cm³/mol. The van der Waals surface area contributed by atoms with Gasteiger partial charge in [0.1, 0.15) is 0 Å². The zero-order valence-corrected chi connectivity index (χ0v) is 23.3. The normalized spacial score (nSPS) is 61.7. The van der Waals surface area contributed by atoms with Gasteiger partial charge in [-0.25, -0.2) is 8.78 Å². The molecule has 0 aliphatic heterocycles. The lowest BCUT2D eigenvalue weighted by molar-refractivity contribution is -0.179. The van der Waals surface area contributed by atoms with Crippen LogP contribution in [0.3, 0.4) is 0 Å². The van der Waals surface area contributed by atoms with Crippen LogP contribution in [0.4, 0.5) is 8.78 Å². The Balaban J connectivity index is 1.37. The number of alkyl halides is 2. The second-order valence-corrected chi connectivity index (χ2v) is 15.9. The highest BCUT2D eigenvalue weighted by Crippen LogP contribution is 2.90. The highest BCUT2D eigenvalue weighted by atomic mass is 19.3. The van der Waals surface area contributed by atoms with E-state index < -0.39 is 28.7 Å². The van der Waals surface area contributed by atoms with Crippen LogP contribution in [0, 0.1) is 51.2 Å². The van der Waals surface area contributed by atoms with Crippen molar-refractivity contribution in [2.45, 2.75) is 134 Å². The smallest absolute Gasteiger partial charge is 0.265 e. The van der Waals surface area contributed by atoms with Crippen molar-refractivity contribution in [3.05, 3.63) is 0 Å². The first-order valence-electron chi connectivity index (χ1n) is 14.7. The molecule has 0 aromatic carbocycles. The van der Waals surface area contributed by atoms with Gasteiger partial charge in [0.25, 0.3) is 5.92 Å². The highest BCUT2D eigenvalue weighted by molar-refractivity contribution is 5.40. The van der Waals surface area contributed by atoms with Crippen molar-refractivity contribution in [1.82, 2.24) is 0 Å². The quantitative estimate of drug-likeness (QED) is 0.411. The van der Waals surface area contributed by atoms with Crippen molar-refractivity contribution in [2.24, 2.45) is 62.7 Å². The van der Waals surface area contributed by atoms with E-state index >= 15 is 8.78 Å². The first kappa shape index (κ1) is 26.0. The van der Waals surface area contributed by atoms with Crippen LogP contribution in [0.2, 0.25) is 0 Å². The lowest BCUT2D eigenvalue weighted by atomic mass is 9.43. The molecule has 6 aliphatic carbocycles. The fourth-order valence-electron chi connectivity index (χ4n) is 13.0. The Labute approximate surface area is 216 Å². The van der Waals surface area contributed by atoms with Crippen LogP contribution < -0.4 is 11.5 Å². The molecule has 36 heavy (non-hydrogen) atoms. The first-order valence-corrected chi connectivity index (χ1v) is 14.7. The third-order valence-electron chi connectivity index (χ3n) is 14.5. The Morgan fingerprint density at radius 3 is 2.17 bits per heavy atom. The third-order valence-corrected chi connectivity index (χ3v) is 14.5. The molecule has 6 aliphatic rings. The molecule has 0 bridgehead atoms. The third kappa shape index (κ3) is 2.60. The molecule has 6 N–H and O–H groups in total. The summed E-state index contributed by atoms with van der Waals surface area (Å²) in [7, 11) is 0. The Morgan fingerprint density at radius 2 is 1.56 bits per heavy atom. The van der Waals surface area contributed by atoms with E-state index in [2.05, 4.69) is 20.8 Å². The van der Waals surface area contributed by atoms with Crippen LogP contribution in [0.15, 0.2) is 0 Å². The molecule has 0 heterocycles. The molecule has 12 atom stereocenters. The minimum Gasteiger partial charge on any atom is -0.393 e. The summed E-state index contributed by atoms with van der Waals surface area (Å²) in [5, 5.41) is 22.5. The number of hydrogen-bond donors (Lipinski definition) is 4. The number of aliphatic hydroxyl groups excluding tert-OH is 1. The number of hydrogen-bond acceptors (Lipinski definition) is 4. The molecule has 0 radical (unpaired) electrons. The van der Waals surface area contributed by atoms with E-state index in [0.717, 1.165) is 38.5 Å². The molecule has 6 rings (SSSR count). The van der Waals surface area contributed by atoms with Gasteiger partial charge in [0.15, 0.2) is 0 Å². The average molecular weight is 509 g/mol. The topological polar surface area (TPSA) is 92.5 Å². The zero-order valence-electron chi connectivity index (χ0n) is 23.3. The summed E-state index contributed by atoms with van der Waals surface area (Å²) in [6, 6.07) is 0. The van der Waals surface area contributed by atoms with E-state index in [1.807, 2.05) is 13.8 Å². The van der Waals surface area contributed by atoms with E-state index in [9.17, 15) is 10.2 Å². The van der Waals surface area contributed by atoms with E-state index in [1.165, 1.54) is 0 Å². The van der Waals surface area contributed by atoms with Gasteiger partial charge in [0.2, 0.25) is 0 Å². The molecule has 0 aromatic heterocycles. The van der Waals surface area contributed by atoms with Gasteiger partial charge < -0.3 is 21.7 Å². The van der Waals surface area contributed by atoms with E-state index in [4.69, 9.17) is 11.5 Å². The van der Waals surface area contributed by atoms with Crippen molar-refractivity contribution in [3.63, 3.8) is 0 Å². The fraction of sp³-hybridized carbons (Fsp3) is 1.00. The second-order valence-electron chi connectivity index (χ2n) is 15.9. The summed E-state index contributed by atoms with van der Waals surface area (Å²) in [6.45, 7) is 12.4. The van der Waals surface area contributed by atoms with E-state index in [0.29, 0.717) is 25.2 Å². The van der Waals surface area contributed by atoms with Crippen LogP contribution in [0.25, 0.3) is 0 Å². The molecule has 4 nitrogen and oxygen atoms in total. The van der Waals surface area contributed by atoms with Crippen LogP contribution >= 0.6 is 0 Å². The van der Waals surface area contributed by atoms with Crippen LogP contribution in [-0.2, 0) is 0 Å². The molecule has 6 saturated carbocycles. The molecule has 0 amide bonds. The van der Waals surface area contributed by atoms with E-state index in [-0.39, 0.29) is 51.8 Å². The largest absolute Gasteiger partial charge is 0.393 e. The van der Waals surface area contributed by atoms with Crippen molar-refractivity contribution in [2.75, 3.05) is 0 Å². The summed E-state index contributed by atoms with van der Waals surface area (Å²) in [6.07, 6.45) is 7.01. The van der Waals surface area contributed by atoms with Crippen molar-refractivity contribution < 1.29 is 19.0 Å². The molecule has 11 unspecified atom stereocenters. The Hall–Kier alpha value is -0.300. The average Bonchev–Trinajstić information content (AvgIpc) is 3.00. The molecule has 0 aromatic rings. The first-order chi connectivity index (χ1) is 16.4. The van der Waals surface area contributed by atoms with Crippen LogP contribution in [-0.4, -0.2) is 38.9 Å². The van der Waals surface area contributed by atoms with E-state index in [1.54, 1.807) is 6.92 Å². The Kier molecular flexibility index (Phi) is 4.96. The van der Waals surface area contributed by atoms with Gasteiger partial charge in [-0.1, -0.05) is 20.8 Å². The summed E-state index contributed by atoms with van der Waals surface area (Å²) < 4.78 is 30.2. The molecule has 2 spiro atoms. The number of fused-ring (bicyclic) bond motifs is 2. The maximum atomic E-state index is 15.1. The number of halogens is 2. The van der Waals surface area contributed by atoms with Gasteiger partial charge >= 0.3 is 0 Å². The van der Waals surface area contributed by atoms with Gasteiger partial charge in [-0.3, -0.25) is 0 Å². The summed E-state index contributed by atoms with van der Waals surface area (Å²) in [4.78, 5) is 0. The zero-order chi connectivity index (χ0) is 26.5. The summed E-state index contributed by atoms with van der Waals surface area (Å²) >= 11 is 0. The monoisotopic (exact) mass is 508 g/mol. The molecule has 6 heteroatoms. The predicted octanol–water partition coefficient (Wildman–Crippen LogP) is 5.24. The van der Waals surface area contributed by atoms with Crippen LogP contribution in [0.1, 0.15) is 106 Å². The molecular weight excluding hydrogens is 458 g/mol. The van der Waals surface area contributed by atoms with Crippen molar-refractivity contribution >= 4 is 0 Å². The maximum absolute atomic E-state index is 15.1. The van der Waals surface area contributed by atoms with Gasteiger partial charge in [-0.05, 0) is 130 Å². The number of aliphatic hydroxyl groups is 2. The van der Waals surface area contributed by atoms with Crippen molar-refractivity contribution in [1.29, 1.82) is 0 Å². The van der Waals surface area contributed by atoms with Crippen LogP contribution in [0.5, 0.6) is 0 Å².